The van der Waals surface area contributed by atoms with Gasteiger partial charge in [-0.25, -0.2) is 8.78 Å². The van der Waals surface area contributed by atoms with Gasteiger partial charge >= 0.3 is 0 Å². The lowest BCUT2D eigenvalue weighted by Crippen LogP contribution is -2.54. The molecule has 0 heterocycles. The van der Waals surface area contributed by atoms with Crippen LogP contribution in [0.1, 0.15) is 37.5 Å². The summed E-state index contributed by atoms with van der Waals surface area (Å²) in [5, 5.41) is 3.30. The van der Waals surface area contributed by atoms with E-state index in [0.29, 0.717) is 22.6 Å². The van der Waals surface area contributed by atoms with E-state index in [0.717, 1.165) is 5.56 Å². The fourth-order valence-electron chi connectivity index (χ4n) is 3.79. The number of hydrogen-bond acceptors (Lipinski definition) is 3. The highest BCUT2D eigenvalue weighted by Gasteiger charge is 2.32. The Labute approximate surface area is 226 Å². The normalized spacial score (nSPS) is 12.2. The highest BCUT2D eigenvalue weighted by Crippen LogP contribution is 2.25. The van der Waals surface area contributed by atoms with E-state index in [-0.39, 0.29) is 35.7 Å². The van der Waals surface area contributed by atoms with Crippen LogP contribution in [0.2, 0.25) is 5.02 Å². The summed E-state index contributed by atoms with van der Waals surface area (Å²) in [6.45, 7) is 5.76. The topological polar surface area (TPSA) is 49.4 Å². The molecule has 8 heteroatoms. The first kappa shape index (κ1) is 28.7. The number of nitrogens with one attached hydrogen (secondary N) is 1. The van der Waals surface area contributed by atoms with Crippen LogP contribution >= 0.6 is 23.4 Å². The fourth-order valence-corrected chi connectivity index (χ4v) is 5.04. The van der Waals surface area contributed by atoms with Crippen molar-refractivity contribution in [1.82, 2.24) is 10.2 Å². The first-order valence-electron chi connectivity index (χ1n) is 11.9. The number of hydrogen-bond donors (Lipinski definition) is 1. The van der Waals surface area contributed by atoms with Crippen LogP contribution in [0.5, 0.6) is 0 Å². The Balaban J connectivity index is 1.88. The van der Waals surface area contributed by atoms with E-state index in [4.69, 9.17) is 11.6 Å². The van der Waals surface area contributed by atoms with Gasteiger partial charge in [-0.05, 0) is 56.2 Å². The van der Waals surface area contributed by atoms with Crippen molar-refractivity contribution in [1.29, 1.82) is 0 Å². The number of carbonyl (C=O) groups excluding carboxylic acids is 2. The van der Waals surface area contributed by atoms with Gasteiger partial charge in [-0.3, -0.25) is 9.59 Å². The minimum atomic E-state index is -0.808. The van der Waals surface area contributed by atoms with Gasteiger partial charge in [0.2, 0.25) is 11.8 Å². The first-order valence-corrected chi connectivity index (χ1v) is 13.5. The van der Waals surface area contributed by atoms with Crippen LogP contribution in [0.3, 0.4) is 0 Å². The molecule has 37 heavy (non-hydrogen) atoms. The van der Waals surface area contributed by atoms with Crippen molar-refractivity contribution in [2.24, 2.45) is 0 Å². The molecule has 0 aromatic heterocycles. The summed E-state index contributed by atoms with van der Waals surface area (Å²) < 4.78 is 27.8. The number of nitrogens with zero attached hydrogens (tertiary/aromatic N) is 1. The molecule has 0 saturated heterocycles. The SMILES string of the molecule is CC(C)(C)NC(=O)[C@@H](Cc1ccccc1)N(Cc1ccc(F)cc1)C(=O)CSCc1c(F)cccc1Cl. The molecule has 0 aliphatic heterocycles. The van der Waals surface area contributed by atoms with Gasteiger partial charge in [0.1, 0.15) is 17.7 Å². The molecular weight excluding hydrogens is 514 g/mol. The number of carbonyl (C=O) groups is 2. The van der Waals surface area contributed by atoms with Crippen molar-refractivity contribution in [3.63, 3.8) is 0 Å². The molecular formula is C29H31ClF2N2O2S. The maximum absolute atomic E-state index is 14.2. The minimum absolute atomic E-state index is 0.0138. The van der Waals surface area contributed by atoms with Crippen molar-refractivity contribution in [2.45, 2.75) is 51.1 Å². The molecule has 0 aliphatic rings. The van der Waals surface area contributed by atoms with Gasteiger partial charge < -0.3 is 10.2 Å². The first-order chi connectivity index (χ1) is 17.5. The summed E-state index contributed by atoms with van der Waals surface area (Å²) >= 11 is 7.36. The largest absolute Gasteiger partial charge is 0.350 e. The third-order valence-corrected chi connectivity index (χ3v) is 6.87. The standard InChI is InChI=1S/C29H31ClF2N2O2S/c1-29(2,3)33-28(36)26(16-20-8-5-4-6-9-20)34(17-21-12-14-22(31)15-13-21)27(35)19-37-18-23-24(30)10-7-11-25(23)32/h4-15,26H,16-19H2,1-3H3,(H,33,36)/t26-/m1/s1. The highest BCUT2D eigenvalue weighted by molar-refractivity contribution is 7.99. The second-order valence-electron chi connectivity index (χ2n) is 9.79. The molecule has 0 radical (unpaired) electrons. The molecule has 0 bridgehead atoms. The summed E-state index contributed by atoms with van der Waals surface area (Å²) in [6, 6.07) is 19.0. The Morgan fingerprint density at radius 2 is 1.62 bits per heavy atom. The van der Waals surface area contributed by atoms with Crippen LogP contribution in [0.4, 0.5) is 8.78 Å². The number of thioether (sulfide) groups is 1. The molecule has 1 atom stereocenters. The van der Waals surface area contributed by atoms with Crippen LogP contribution in [-0.2, 0) is 28.3 Å². The second-order valence-corrected chi connectivity index (χ2v) is 11.2. The molecule has 3 aromatic carbocycles. The zero-order chi connectivity index (χ0) is 27.0. The Hall–Kier alpha value is -2.90. The van der Waals surface area contributed by atoms with Gasteiger partial charge in [0.05, 0.1) is 5.75 Å². The quantitative estimate of drug-likeness (QED) is 0.321. The van der Waals surface area contributed by atoms with Crippen LogP contribution in [0, 0.1) is 11.6 Å². The Morgan fingerprint density at radius 1 is 0.946 bits per heavy atom. The van der Waals surface area contributed by atoms with E-state index in [1.54, 1.807) is 18.2 Å². The number of benzene rings is 3. The van der Waals surface area contributed by atoms with Crippen molar-refractivity contribution in [3.05, 3.63) is 106 Å². The lowest BCUT2D eigenvalue weighted by Gasteiger charge is -2.34. The highest BCUT2D eigenvalue weighted by atomic mass is 35.5. The van der Waals surface area contributed by atoms with Crippen molar-refractivity contribution in [3.8, 4) is 0 Å². The monoisotopic (exact) mass is 544 g/mol. The van der Waals surface area contributed by atoms with Gasteiger partial charge in [0.15, 0.2) is 0 Å². The molecule has 0 unspecified atom stereocenters. The summed E-state index contributed by atoms with van der Waals surface area (Å²) in [5.74, 6) is -1.16. The van der Waals surface area contributed by atoms with E-state index in [1.807, 2.05) is 51.1 Å². The third-order valence-electron chi connectivity index (χ3n) is 5.57. The van der Waals surface area contributed by atoms with Gasteiger partial charge in [0.25, 0.3) is 0 Å². The fraction of sp³-hybridized carbons (Fsp3) is 0.310. The molecule has 3 aromatic rings. The van der Waals surface area contributed by atoms with E-state index >= 15 is 0 Å². The lowest BCUT2D eigenvalue weighted by atomic mass is 10.0. The maximum Gasteiger partial charge on any atom is 0.243 e. The summed E-state index contributed by atoms with van der Waals surface area (Å²) in [7, 11) is 0. The predicted octanol–water partition coefficient (Wildman–Crippen LogP) is 6.41. The molecule has 1 N–H and O–H groups in total. The van der Waals surface area contributed by atoms with Crippen LogP contribution < -0.4 is 5.32 Å². The molecule has 4 nitrogen and oxygen atoms in total. The Morgan fingerprint density at radius 3 is 2.24 bits per heavy atom. The second kappa shape index (κ2) is 13.1. The van der Waals surface area contributed by atoms with Gasteiger partial charge in [0, 0.05) is 34.8 Å². The zero-order valence-electron chi connectivity index (χ0n) is 21.1. The number of amides is 2. The predicted molar refractivity (Wildman–Crippen MR) is 146 cm³/mol. The van der Waals surface area contributed by atoms with Crippen LogP contribution in [0.15, 0.2) is 72.8 Å². The van der Waals surface area contributed by atoms with Gasteiger partial charge in [-0.2, -0.15) is 0 Å². The van der Waals surface area contributed by atoms with Crippen LogP contribution in [-0.4, -0.2) is 34.0 Å². The summed E-state index contributed by atoms with van der Waals surface area (Å²) in [4.78, 5) is 28.6. The zero-order valence-corrected chi connectivity index (χ0v) is 22.7. The average molecular weight is 545 g/mol. The van der Waals surface area contributed by atoms with E-state index < -0.39 is 17.4 Å². The summed E-state index contributed by atoms with van der Waals surface area (Å²) in [6.07, 6.45) is 0.305. The van der Waals surface area contributed by atoms with E-state index in [2.05, 4.69) is 5.32 Å². The van der Waals surface area contributed by atoms with Crippen molar-refractivity contribution < 1.29 is 18.4 Å². The maximum atomic E-state index is 14.2. The molecule has 0 saturated carbocycles. The Bertz CT molecular complexity index is 1180. The van der Waals surface area contributed by atoms with Gasteiger partial charge in [-0.15, -0.1) is 11.8 Å². The van der Waals surface area contributed by atoms with Crippen LogP contribution in [0.25, 0.3) is 0 Å². The molecule has 2 amide bonds. The van der Waals surface area contributed by atoms with E-state index in [9.17, 15) is 18.4 Å². The lowest BCUT2D eigenvalue weighted by molar-refractivity contribution is -0.140. The molecule has 3 rings (SSSR count). The van der Waals surface area contributed by atoms with Gasteiger partial charge in [-0.1, -0.05) is 60.1 Å². The average Bonchev–Trinajstić information content (AvgIpc) is 2.83. The molecule has 0 fully saturated rings. The molecule has 0 spiro atoms. The smallest absolute Gasteiger partial charge is 0.243 e. The third kappa shape index (κ3) is 8.86. The van der Waals surface area contributed by atoms with Crippen molar-refractivity contribution >= 4 is 35.2 Å². The molecule has 0 aliphatic carbocycles. The number of rotatable bonds is 10. The molecule has 196 valence electrons. The number of halogens is 3. The summed E-state index contributed by atoms with van der Waals surface area (Å²) in [5.41, 5.74) is 1.42. The van der Waals surface area contributed by atoms with Crippen molar-refractivity contribution in [2.75, 3.05) is 5.75 Å². The Kier molecular flexibility index (Phi) is 10.1. The van der Waals surface area contributed by atoms with E-state index in [1.165, 1.54) is 40.9 Å². The minimum Gasteiger partial charge on any atom is -0.350 e.